The zero-order valence-corrected chi connectivity index (χ0v) is 12.1. The molecular formula is C11H20BrN5. The van der Waals surface area contributed by atoms with E-state index in [1.54, 1.807) is 6.20 Å². The van der Waals surface area contributed by atoms with Gasteiger partial charge in [0.2, 0.25) is 5.95 Å². The molecule has 1 aromatic heterocycles. The molecule has 0 aliphatic heterocycles. The Balaban J connectivity index is 2.99. The fourth-order valence-corrected chi connectivity index (χ4v) is 2.08. The van der Waals surface area contributed by atoms with Gasteiger partial charge < -0.3 is 5.32 Å². The molecule has 6 heteroatoms. The van der Waals surface area contributed by atoms with Gasteiger partial charge in [-0.25, -0.2) is 10.8 Å². The number of aromatic nitrogens is 2. The zero-order chi connectivity index (χ0) is 12.9. The standard InChI is InChI=1S/C11H20BrN5/c1-4-11(5-2,6-3)16-9-8(12)7-14-10(15-9)17-13/h7H,4-6,13H2,1-3H3,(H2,14,15,16,17). The molecule has 5 nitrogen and oxygen atoms in total. The lowest BCUT2D eigenvalue weighted by Gasteiger charge is -2.32. The Kier molecular flexibility index (Phi) is 5.14. The molecule has 0 aromatic carbocycles. The summed E-state index contributed by atoms with van der Waals surface area (Å²) < 4.78 is 0.844. The Bertz CT molecular complexity index is 357. The Morgan fingerprint density at radius 3 is 2.35 bits per heavy atom. The average molecular weight is 302 g/mol. The lowest BCUT2D eigenvalue weighted by Crippen LogP contribution is -2.36. The second kappa shape index (κ2) is 6.16. The van der Waals surface area contributed by atoms with Crippen molar-refractivity contribution in [2.24, 2.45) is 5.84 Å². The van der Waals surface area contributed by atoms with Crippen molar-refractivity contribution < 1.29 is 0 Å². The van der Waals surface area contributed by atoms with Crippen molar-refractivity contribution in [1.29, 1.82) is 0 Å². The van der Waals surface area contributed by atoms with E-state index in [0.29, 0.717) is 5.95 Å². The predicted molar refractivity (Wildman–Crippen MR) is 74.8 cm³/mol. The van der Waals surface area contributed by atoms with Gasteiger partial charge in [-0.2, -0.15) is 4.98 Å². The van der Waals surface area contributed by atoms with Crippen LogP contribution in [0.1, 0.15) is 40.0 Å². The summed E-state index contributed by atoms with van der Waals surface area (Å²) >= 11 is 3.44. The van der Waals surface area contributed by atoms with Crippen LogP contribution < -0.4 is 16.6 Å². The van der Waals surface area contributed by atoms with Crippen molar-refractivity contribution in [2.75, 3.05) is 10.7 Å². The highest BCUT2D eigenvalue weighted by atomic mass is 79.9. The third-order valence-corrected chi connectivity index (χ3v) is 3.87. The number of nitrogens with two attached hydrogens (primary N) is 1. The smallest absolute Gasteiger partial charge is 0.239 e. The quantitative estimate of drug-likeness (QED) is 0.556. The molecule has 0 unspecified atom stereocenters. The number of rotatable bonds is 6. The number of hydrazine groups is 1. The molecule has 0 atom stereocenters. The van der Waals surface area contributed by atoms with Gasteiger partial charge in [-0.05, 0) is 35.2 Å². The summed E-state index contributed by atoms with van der Waals surface area (Å²) in [5.74, 6) is 6.50. The van der Waals surface area contributed by atoms with E-state index in [2.05, 4.69) is 57.4 Å². The number of anilines is 2. The summed E-state index contributed by atoms with van der Waals surface area (Å²) in [6, 6.07) is 0. The van der Waals surface area contributed by atoms with E-state index in [1.807, 2.05) is 0 Å². The highest BCUT2D eigenvalue weighted by Gasteiger charge is 2.24. The fourth-order valence-electron chi connectivity index (χ4n) is 1.79. The number of hydrogen-bond acceptors (Lipinski definition) is 5. The van der Waals surface area contributed by atoms with Gasteiger partial charge in [0.25, 0.3) is 0 Å². The Morgan fingerprint density at radius 2 is 1.88 bits per heavy atom. The van der Waals surface area contributed by atoms with Crippen LogP contribution in [0, 0.1) is 0 Å². The maximum absolute atomic E-state index is 5.31. The van der Waals surface area contributed by atoms with E-state index < -0.39 is 0 Å². The molecule has 1 rings (SSSR count). The molecule has 0 saturated carbocycles. The summed E-state index contributed by atoms with van der Waals surface area (Å²) in [5, 5.41) is 3.49. The van der Waals surface area contributed by atoms with Gasteiger partial charge >= 0.3 is 0 Å². The van der Waals surface area contributed by atoms with E-state index in [9.17, 15) is 0 Å². The number of nitrogens with one attached hydrogen (secondary N) is 2. The second-order valence-corrected chi connectivity index (χ2v) is 4.85. The van der Waals surface area contributed by atoms with Gasteiger partial charge in [-0.3, -0.25) is 5.43 Å². The molecule has 0 amide bonds. The first-order valence-electron chi connectivity index (χ1n) is 5.88. The van der Waals surface area contributed by atoms with E-state index in [4.69, 9.17) is 5.84 Å². The predicted octanol–water partition coefficient (Wildman–Crippen LogP) is 2.91. The maximum atomic E-state index is 5.31. The third-order valence-electron chi connectivity index (χ3n) is 3.29. The first-order valence-corrected chi connectivity index (χ1v) is 6.67. The normalized spacial score (nSPS) is 11.4. The first-order chi connectivity index (χ1) is 8.10. The van der Waals surface area contributed by atoms with E-state index >= 15 is 0 Å². The van der Waals surface area contributed by atoms with Crippen LogP contribution in [0.25, 0.3) is 0 Å². The van der Waals surface area contributed by atoms with Gasteiger partial charge in [0.05, 0.1) is 4.47 Å². The average Bonchev–Trinajstić information content (AvgIpc) is 2.38. The van der Waals surface area contributed by atoms with Crippen LogP contribution in [0.2, 0.25) is 0 Å². The van der Waals surface area contributed by atoms with Gasteiger partial charge in [-0.1, -0.05) is 20.8 Å². The van der Waals surface area contributed by atoms with Crippen LogP contribution in [-0.2, 0) is 0 Å². The first kappa shape index (κ1) is 14.2. The molecule has 4 N–H and O–H groups in total. The van der Waals surface area contributed by atoms with Gasteiger partial charge in [0.15, 0.2) is 0 Å². The van der Waals surface area contributed by atoms with E-state index in [1.165, 1.54) is 0 Å². The maximum Gasteiger partial charge on any atom is 0.239 e. The van der Waals surface area contributed by atoms with Gasteiger partial charge in [0.1, 0.15) is 5.82 Å². The molecule has 0 aliphatic rings. The number of halogens is 1. The van der Waals surface area contributed by atoms with Crippen LogP contribution in [0.4, 0.5) is 11.8 Å². The Morgan fingerprint density at radius 1 is 1.29 bits per heavy atom. The molecule has 96 valence electrons. The van der Waals surface area contributed by atoms with Crippen LogP contribution in [0.15, 0.2) is 10.7 Å². The highest BCUT2D eigenvalue weighted by molar-refractivity contribution is 9.10. The minimum Gasteiger partial charge on any atom is -0.364 e. The van der Waals surface area contributed by atoms with Gasteiger partial charge in [-0.15, -0.1) is 0 Å². The summed E-state index contributed by atoms with van der Waals surface area (Å²) in [6.45, 7) is 6.53. The van der Waals surface area contributed by atoms with E-state index in [-0.39, 0.29) is 5.54 Å². The zero-order valence-electron chi connectivity index (χ0n) is 10.5. The van der Waals surface area contributed by atoms with Gasteiger partial charge in [0, 0.05) is 11.7 Å². The van der Waals surface area contributed by atoms with Crippen LogP contribution >= 0.6 is 15.9 Å². The molecule has 17 heavy (non-hydrogen) atoms. The topological polar surface area (TPSA) is 75.9 Å². The monoisotopic (exact) mass is 301 g/mol. The lowest BCUT2D eigenvalue weighted by atomic mass is 9.90. The lowest BCUT2D eigenvalue weighted by molar-refractivity contribution is 0.418. The number of nitrogen functional groups attached to an aromatic ring is 1. The molecule has 0 bridgehead atoms. The largest absolute Gasteiger partial charge is 0.364 e. The fraction of sp³-hybridized carbons (Fsp3) is 0.636. The molecule has 0 spiro atoms. The summed E-state index contributed by atoms with van der Waals surface area (Å²) in [6.07, 6.45) is 4.82. The minimum absolute atomic E-state index is 0.0722. The summed E-state index contributed by atoms with van der Waals surface area (Å²) in [5.41, 5.74) is 2.52. The van der Waals surface area contributed by atoms with Crippen LogP contribution in [-0.4, -0.2) is 15.5 Å². The molecule has 0 radical (unpaired) electrons. The van der Waals surface area contributed by atoms with Crippen molar-refractivity contribution in [2.45, 2.75) is 45.6 Å². The van der Waals surface area contributed by atoms with Crippen LogP contribution in [0.5, 0.6) is 0 Å². The van der Waals surface area contributed by atoms with Crippen molar-refractivity contribution in [3.63, 3.8) is 0 Å². The minimum atomic E-state index is 0.0722. The van der Waals surface area contributed by atoms with Crippen molar-refractivity contribution in [3.8, 4) is 0 Å². The number of hydrogen-bond donors (Lipinski definition) is 3. The SMILES string of the molecule is CCC(CC)(CC)Nc1nc(NN)ncc1Br. The van der Waals surface area contributed by atoms with Crippen molar-refractivity contribution >= 4 is 27.7 Å². The molecule has 0 saturated heterocycles. The van der Waals surface area contributed by atoms with E-state index in [0.717, 1.165) is 29.6 Å². The molecular weight excluding hydrogens is 282 g/mol. The van der Waals surface area contributed by atoms with Crippen molar-refractivity contribution in [1.82, 2.24) is 9.97 Å². The van der Waals surface area contributed by atoms with Crippen LogP contribution in [0.3, 0.4) is 0 Å². The summed E-state index contributed by atoms with van der Waals surface area (Å²) in [4.78, 5) is 8.35. The molecule has 0 fully saturated rings. The van der Waals surface area contributed by atoms with Crippen molar-refractivity contribution in [3.05, 3.63) is 10.7 Å². The molecule has 0 aliphatic carbocycles. The number of nitrogens with zero attached hydrogens (tertiary/aromatic N) is 2. The molecule has 1 heterocycles. The second-order valence-electron chi connectivity index (χ2n) is 4.00. The third kappa shape index (κ3) is 3.29. The highest BCUT2D eigenvalue weighted by Crippen LogP contribution is 2.29. The molecule has 1 aromatic rings. The summed E-state index contributed by atoms with van der Waals surface area (Å²) in [7, 11) is 0. The Hall–Kier alpha value is -0.880. The Labute approximate surface area is 111 Å².